The predicted octanol–water partition coefficient (Wildman–Crippen LogP) is -2.15. The van der Waals surface area contributed by atoms with Gasteiger partial charge in [0.2, 0.25) is 18.0 Å². The Balaban J connectivity index is 1.68. The van der Waals surface area contributed by atoms with E-state index in [-0.39, 0.29) is 31.6 Å². The van der Waals surface area contributed by atoms with E-state index in [1.165, 1.54) is 30.9 Å². The largest absolute Gasteiger partial charge is 0.478 e. The molecule has 3 saturated heterocycles. The van der Waals surface area contributed by atoms with Gasteiger partial charge in [-0.05, 0) is 26.3 Å². The molecule has 1 aromatic rings. The highest BCUT2D eigenvalue weighted by Gasteiger charge is 2.77. The van der Waals surface area contributed by atoms with Gasteiger partial charge in [0, 0.05) is 19.6 Å². The number of fused-ring (bicyclic) bond motifs is 1. The maximum Gasteiger partial charge on any atom is 0.352 e. The highest BCUT2D eigenvalue weighted by atomic mass is 32.2. The number of piperazine rings is 1. The number of β-lactam (4-membered cyclic amide) rings is 1. The maximum absolute atomic E-state index is 13.8. The quantitative estimate of drug-likeness (QED) is 0.151. The molecule has 3 aliphatic rings. The van der Waals surface area contributed by atoms with Crippen molar-refractivity contribution in [3.63, 3.8) is 0 Å². The Kier molecular flexibility index (Phi) is 7.40. The average Bonchev–Trinajstić information content (AvgIpc) is 3.08. The van der Waals surface area contributed by atoms with Crippen molar-refractivity contribution in [1.29, 1.82) is 0 Å². The Hall–Kier alpha value is -4.34. The normalized spacial score (nSPS) is 27.8. The van der Waals surface area contributed by atoms with Crippen LogP contribution in [0.15, 0.2) is 30.3 Å². The molecule has 214 valence electrons. The zero-order chi connectivity index (χ0) is 29.6. The number of benzene rings is 1. The summed E-state index contributed by atoms with van der Waals surface area (Å²) in [7, 11) is -2.06. The van der Waals surface area contributed by atoms with Crippen molar-refractivity contribution in [3.05, 3.63) is 35.9 Å². The monoisotopic (exact) mass is 576 g/mol. The van der Waals surface area contributed by atoms with E-state index < -0.39 is 74.3 Å². The van der Waals surface area contributed by atoms with Crippen LogP contribution in [0.1, 0.15) is 32.4 Å². The molecule has 4 rings (SSSR count). The first kappa shape index (κ1) is 28.7. The first-order chi connectivity index (χ1) is 18.8. The SMILES string of the molecule is CCN1CCN(C(=O)NC(C(=O)N[C@@]2(C(=O)O)N3C(=O)[C@H](NC=O)[C@H]3S(=O)C2(C)C)c2ccccc2)C(=O)C1=O. The Morgan fingerprint density at radius 2 is 1.77 bits per heavy atom. The maximum atomic E-state index is 13.8. The molecular formula is C24H28N6O9S. The van der Waals surface area contributed by atoms with Gasteiger partial charge in [-0.1, -0.05) is 30.3 Å². The van der Waals surface area contributed by atoms with Crippen molar-refractivity contribution in [2.75, 3.05) is 19.6 Å². The number of rotatable bonds is 8. The van der Waals surface area contributed by atoms with E-state index >= 15 is 0 Å². The molecule has 3 heterocycles. The zero-order valence-corrected chi connectivity index (χ0v) is 22.6. The summed E-state index contributed by atoms with van der Waals surface area (Å²) in [5, 5.41) is 16.1. The molecule has 40 heavy (non-hydrogen) atoms. The lowest BCUT2D eigenvalue weighted by molar-refractivity contribution is -0.176. The third-order valence-corrected chi connectivity index (χ3v) is 9.68. The third-order valence-electron chi connectivity index (χ3n) is 7.46. The van der Waals surface area contributed by atoms with E-state index in [4.69, 9.17) is 0 Å². The van der Waals surface area contributed by atoms with Crippen LogP contribution in [0.25, 0.3) is 0 Å². The van der Waals surface area contributed by atoms with Gasteiger partial charge in [0.25, 0.3) is 5.91 Å². The summed E-state index contributed by atoms with van der Waals surface area (Å²) in [6.45, 7) is 4.50. The fraction of sp³-hybridized carbons (Fsp3) is 0.458. The molecule has 4 N–H and O–H groups in total. The highest BCUT2D eigenvalue weighted by molar-refractivity contribution is 7.87. The molecule has 0 aliphatic carbocycles. The van der Waals surface area contributed by atoms with Gasteiger partial charge < -0.3 is 26.0 Å². The van der Waals surface area contributed by atoms with Crippen LogP contribution in [-0.4, -0.2) is 108 Å². The Labute approximate surface area is 230 Å². The van der Waals surface area contributed by atoms with Gasteiger partial charge in [-0.3, -0.25) is 38.0 Å². The van der Waals surface area contributed by atoms with Crippen molar-refractivity contribution >= 4 is 52.8 Å². The van der Waals surface area contributed by atoms with Crippen LogP contribution in [0.5, 0.6) is 0 Å². The molecule has 2 unspecified atom stereocenters. The van der Waals surface area contributed by atoms with E-state index in [0.717, 1.165) is 4.90 Å². The van der Waals surface area contributed by atoms with Crippen LogP contribution >= 0.6 is 0 Å². The summed E-state index contributed by atoms with van der Waals surface area (Å²) in [5.41, 5.74) is -2.32. The molecule has 0 bridgehead atoms. The predicted molar refractivity (Wildman–Crippen MR) is 136 cm³/mol. The number of amides is 7. The Morgan fingerprint density at radius 1 is 1.12 bits per heavy atom. The van der Waals surface area contributed by atoms with E-state index in [2.05, 4.69) is 16.0 Å². The number of nitrogens with zero attached hydrogens (tertiary/aromatic N) is 3. The van der Waals surface area contributed by atoms with Crippen molar-refractivity contribution < 1.29 is 42.9 Å². The number of hydrogen-bond donors (Lipinski definition) is 4. The Bertz CT molecular complexity index is 1320. The third kappa shape index (κ3) is 4.09. The van der Waals surface area contributed by atoms with Gasteiger partial charge in [0.1, 0.15) is 17.5 Å². The van der Waals surface area contributed by atoms with Gasteiger partial charge in [-0.25, -0.2) is 9.59 Å². The van der Waals surface area contributed by atoms with Gasteiger partial charge in [-0.2, -0.15) is 0 Å². The van der Waals surface area contributed by atoms with Gasteiger partial charge in [0.15, 0.2) is 0 Å². The molecule has 0 radical (unpaired) electrons. The number of nitrogens with one attached hydrogen (secondary N) is 3. The minimum atomic E-state index is -2.52. The molecule has 16 heteroatoms. The standard InChI is InChI=1S/C24H28N6O9S/c1-4-28-10-11-29(19(35)18(28)34)22(38)26-14(13-8-6-5-7-9-13)16(32)27-24(21(36)37)23(2,3)40(39)20-15(25-12-31)17(33)30(20)24/h5-9,12,14-15,20H,4,10-11H2,1-3H3,(H,25,31)(H,26,38)(H,27,32)(H,36,37)/t14?,15-,20+,24-,40?/m0/s1. The summed E-state index contributed by atoms with van der Waals surface area (Å²) >= 11 is 0. The number of carboxylic acid groups (broad SMARTS) is 1. The number of carbonyl (C=O) groups is 7. The van der Waals surface area contributed by atoms with E-state index in [1.54, 1.807) is 25.1 Å². The lowest BCUT2D eigenvalue weighted by Gasteiger charge is -2.49. The topological polar surface area (TPSA) is 203 Å². The fourth-order valence-electron chi connectivity index (χ4n) is 5.20. The first-order valence-electron chi connectivity index (χ1n) is 12.3. The molecular weight excluding hydrogens is 548 g/mol. The smallest absolute Gasteiger partial charge is 0.352 e. The average molecular weight is 577 g/mol. The lowest BCUT2D eigenvalue weighted by atomic mass is 9.88. The minimum absolute atomic E-state index is 0.0905. The summed E-state index contributed by atoms with van der Waals surface area (Å²) in [6.07, 6.45) is 0.233. The van der Waals surface area contributed by atoms with Crippen LogP contribution in [0.2, 0.25) is 0 Å². The fourth-order valence-corrected chi connectivity index (χ4v) is 7.22. The van der Waals surface area contributed by atoms with Crippen molar-refractivity contribution in [3.8, 4) is 0 Å². The van der Waals surface area contributed by atoms with Crippen LogP contribution in [-0.2, 0) is 39.6 Å². The summed E-state index contributed by atoms with van der Waals surface area (Å²) in [5.74, 6) is -5.61. The van der Waals surface area contributed by atoms with Crippen molar-refractivity contribution in [1.82, 2.24) is 30.7 Å². The second kappa shape index (κ2) is 10.3. The number of aliphatic carboxylic acids is 1. The highest BCUT2D eigenvalue weighted by Crippen LogP contribution is 2.49. The summed E-state index contributed by atoms with van der Waals surface area (Å²) < 4.78 is 11.6. The molecule has 7 amide bonds. The van der Waals surface area contributed by atoms with Crippen LogP contribution in [0.4, 0.5) is 4.79 Å². The summed E-state index contributed by atoms with van der Waals surface area (Å²) in [6, 6.07) is 3.80. The van der Waals surface area contributed by atoms with Crippen LogP contribution in [0.3, 0.4) is 0 Å². The number of imide groups is 1. The number of likely N-dealkylation sites (N-methyl/N-ethyl adjacent to an activating group) is 1. The van der Waals surface area contributed by atoms with Crippen LogP contribution in [0, 0.1) is 0 Å². The second-order valence-corrected chi connectivity index (χ2v) is 11.9. The minimum Gasteiger partial charge on any atom is -0.478 e. The lowest BCUT2D eigenvalue weighted by Crippen LogP contribution is -2.80. The number of carbonyl (C=O) groups excluding carboxylic acids is 6. The van der Waals surface area contributed by atoms with Gasteiger partial charge in [-0.15, -0.1) is 0 Å². The molecule has 0 saturated carbocycles. The zero-order valence-electron chi connectivity index (χ0n) is 21.8. The second-order valence-electron chi connectivity index (χ2n) is 9.81. The summed E-state index contributed by atoms with van der Waals surface area (Å²) in [4.78, 5) is 91.1. The molecule has 3 aliphatic heterocycles. The molecule has 15 nitrogen and oxygen atoms in total. The number of urea groups is 1. The Morgan fingerprint density at radius 3 is 2.35 bits per heavy atom. The number of carboxylic acids is 1. The van der Waals surface area contributed by atoms with E-state index in [9.17, 15) is 42.9 Å². The van der Waals surface area contributed by atoms with Crippen LogP contribution < -0.4 is 16.0 Å². The van der Waals surface area contributed by atoms with Gasteiger partial charge in [0.05, 0.1) is 15.5 Å². The van der Waals surface area contributed by atoms with Crippen molar-refractivity contribution in [2.45, 2.75) is 48.6 Å². The van der Waals surface area contributed by atoms with E-state index in [0.29, 0.717) is 4.90 Å². The first-order valence-corrected chi connectivity index (χ1v) is 13.5. The van der Waals surface area contributed by atoms with Gasteiger partial charge >= 0.3 is 23.8 Å². The molecule has 0 spiro atoms. The molecule has 5 atom stereocenters. The number of hydrogen-bond acceptors (Lipinski definition) is 8. The van der Waals surface area contributed by atoms with E-state index in [1.807, 2.05) is 0 Å². The van der Waals surface area contributed by atoms with Crippen molar-refractivity contribution in [2.24, 2.45) is 0 Å². The molecule has 1 aromatic carbocycles. The molecule has 3 fully saturated rings. The molecule has 0 aromatic heterocycles.